The molecule has 0 spiro atoms. The average Bonchev–Trinajstić information content (AvgIpc) is 2.16. The summed E-state index contributed by atoms with van der Waals surface area (Å²) in [4.78, 5) is 13.2. The van der Waals surface area contributed by atoms with E-state index in [1.54, 1.807) is 0 Å². The first-order valence-corrected chi connectivity index (χ1v) is 6.70. The lowest BCUT2D eigenvalue weighted by Crippen LogP contribution is -2.13. The minimum atomic E-state index is -0.0635. The summed E-state index contributed by atoms with van der Waals surface area (Å²) in [5, 5.41) is 0. The molecule has 0 saturated carbocycles. The van der Waals surface area contributed by atoms with Gasteiger partial charge < -0.3 is 9.64 Å². The van der Waals surface area contributed by atoms with E-state index in [1.165, 1.54) is 12.2 Å². The number of rotatable bonds is 9. The molecule has 0 amide bonds. The lowest BCUT2D eigenvalue weighted by Gasteiger charge is -2.08. The van der Waals surface area contributed by atoms with E-state index in [-0.39, 0.29) is 5.97 Å². The van der Waals surface area contributed by atoms with Crippen molar-refractivity contribution in [2.45, 2.75) is 26.2 Å². The summed E-state index contributed by atoms with van der Waals surface area (Å²) in [6.07, 6.45) is 2.72. The zero-order valence-corrected chi connectivity index (χ0v) is 10.9. The van der Waals surface area contributed by atoms with Gasteiger partial charge in [-0.25, -0.2) is 0 Å². The minimum Gasteiger partial charge on any atom is -0.466 e. The van der Waals surface area contributed by atoms with E-state index in [9.17, 15) is 4.79 Å². The van der Waals surface area contributed by atoms with Gasteiger partial charge in [0.1, 0.15) is 0 Å². The minimum absolute atomic E-state index is 0.0635. The summed E-state index contributed by atoms with van der Waals surface area (Å²) < 4.78 is 4.85. The van der Waals surface area contributed by atoms with E-state index in [4.69, 9.17) is 4.74 Å². The van der Waals surface area contributed by atoms with Crippen LogP contribution in [0.5, 0.6) is 0 Å². The van der Waals surface area contributed by atoms with E-state index in [2.05, 4.69) is 19.0 Å². The van der Waals surface area contributed by atoms with Crippen LogP contribution in [0, 0.1) is 0 Å². The SMILES string of the molecule is CCOC(=O)CCCSCCCN(C)C. The Morgan fingerprint density at radius 1 is 1.27 bits per heavy atom. The molecule has 0 rings (SSSR count). The molecule has 0 aliphatic rings. The van der Waals surface area contributed by atoms with Gasteiger partial charge >= 0.3 is 5.97 Å². The zero-order valence-electron chi connectivity index (χ0n) is 10.1. The molecule has 0 aromatic rings. The van der Waals surface area contributed by atoms with Crippen LogP contribution in [0.3, 0.4) is 0 Å². The van der Waals surface area contributed by atoms with Crippen molar-refractivity contribution in [2.75, 3.05) is 38.8 Å². The first-order chi connectivity index (χ1) is 7.16. The molecule has 90 valence electrons. The highest BCUT2D eigenvalue weighted by atomic mass is 32.2. The molecule has 15 heavy (non-hydrogen) atoms. The molecule has 0 radical (unpaired) electrons. The standard InChI is InChI=1S/C11H23NO2S/c1-4-14-11(13)7-5-9-15-10-6-8-12(2)3/h4-10H2,1-3H3. The monoisotopic (exact) mass is 233 g/mol. The van der Waals surface area contributed by atoms with Crippen molar-refractivity contribution in [3.05, 3.63) is 0 Å². The molecule has 0 aromatic heterocycles. The van der Waals surface area contributed by atoms with E-state index < -0.39 is 0 Å². The second-order valence-corrected chi connectivity index (χ2v) is 4.90. The Bertz CT molecular complexity index is 163. The maximum atomic E-state index is 11.0. The van der Waals surface area contributed by atoms with E-state index >= 15 is 0 Å². The predicted molar refractivity (Wildman–Crippen MR) is 66.4 cm³/mol. The van der Waals surface area contributed by atoms with Gasteiger partial charge in [-0.2, -0.15) is 11.8 Å². The average molecular weight is 233 g/mol. The first kappa shape index (κ1) is 14.8. The van der Waals surface area contributed by atoms with Gasteiger partial charge in [0.15, 0.2) is 0 Å². The number of thioether (sulfide) groups is 1. The zero-order chi connectivity index (χ0) is 11.5. The van der Waals surface area contributed by atoms with Crippen molar-refractivity contribution in [1.29, 1.82) is 0 Å². The van der Waals surface area contributed by atoms with Crippen LogP contribution < -0.4 is 0 Å². The summed E-state index contributed by atoms with van der Waals surface area (Å²) in [6.45, 7) is 3.48. The van der Waals surface area contributed by atoms with Crippen LogP contribution in [0.1, 0.15) is 26.2 Å². The second kappa shape index (κ2) is 10.3. The second-order valence-electron chi connectivity index (χ2n) is 3.68. The molecule has 0 aliphatic heterocycles. The third-order valence-electron chi connectivity index (χ3n) is 1.87. The number of nitrogens with zero attached hydrogens (tertiary/aromatic N) is 1. The molecule has 0 fully saturated rings. The van der Waals surface area contributed by atoms with Gasteiger partial charge in [-0.1, -0.05) is 0 Å². The van der Waals surface area contributed by atoms with Crippen LogP contribution >= 0.6 is 11.8 Å². The number of carbonyl (C=O) groups is 1. The Balaban J connectivity index is 3.08. The Morgan fingerprint density at radius 2 is 1.93 bits per heavy atom. The fourth-order valence-corrected chi connectivity index (χ4v) is 2.02. The van der Waals surface area contributed by atoms with Crippen LogP contribution in [0.4, 0.5) is 0 Å². The molecule has 3 nitrogen and oxygen atoms in total. The van der Waals surface area contributed by atoms with Crippen molar-refractivity contribution in [3.63, 3.8) is 0 Å². The molecular weight excluding hydrogens is 210 g/mol. The van der Waals surface area contributed by atoms with Gasteiger partial charge in [0.2, 0.25) is 0 Å². The van der Waals surface area contributed by atoms with E-state index in [0.717, 1.165) is 18.7 Å². The molecule has 0 atom stereocenters. The quantitative estimate of drug-likeness (QED) is 0.450. The summed E-state index contributed by atoms with van der Waals surface area (Å²) in [5.41, 5.74) is 0. The number of hydrogen-bond donors (Lipinski definition) is 0. The maximum absolute atomic E-state index is 11.0. The summed E-state index contributed by atoms with van der Waals surface area (Å²) in [7, 11) is 4.18. The van der Waals surface area contributed by atoms with Crippen molar-refractivity contribution < 1.29 is 9.53 Å². The Hall–Kier alpha value is -0.220. The molecule has 0 saturated heterocycles. The van der Waals surface area contributed by atoms with Crippen molar-refractivity contribution >= 4 is 17.7 Å². The van der Waals surface area contributed by atoms with Gasteiger partial charge in [-0.15, -0.1) is 0 Å². The fourth-order valence-electron chi connectivity index (χ4n) is 1.14. The van der Waals surface area contributed by atoms with Crippen molar-refractivity contribution in [1.82, 2.24) is 4.90 Å². The van der Waals surface area contributed by atoms with Gasteiger partial charge in [0, 0.05) is 6.42 Å². The van der Waals surface area contributed by atoms with Gasteiger partial charge in [0.25, 0.3) is 0 Å². The highest BCUT2D eigenvalue weighted by Crippen LogP contribution is 2.07. The maximum Gasteiger partial charge on any atom is 0.305 e. The van der Waals surface area contributed by atoms with Gasteiger partial charge in [0.05, 0.1) is 6.61 Å². The smallest absolute Gasteiger partial charge is 0.305 e. The summed E-state index contributed by atoms with van der Waals surface area (Å²) in [5.74, 6) is 2.18. The molecule has 0 bridgehead atoms. The highest BCUT2D eigenvalue weighted by molar-refractivity contribution is 7.99. The molecule has 0 N–H and O–H groups in total. The Morgan fingerprint density at radius 3 is 2.53 bits per heavy atom. The van der Waals surface area contributed by atoms with E-state index in [0.29, 0.717) is 13.0 Å². The number of esters is 1. The third-order valence-corrected chi connectivity index (χ3v) is 3.02. The molecule has 0 aliphatic carbocycles. The predicted octanol–water partition coefficient (Wildman–Crippen LogP) is 2.01. The topological polar surface area (TPSA) is 29.5 Å². The molecule has 4 heteroatoms. The fraction of sp³-hybridized carbons (Fsp3) is 0.909. The number of carbonyl (C=O) groups excluding carboxylic acids is 1. The Kier molecular flexibility index (Phi) is 10.2. The van der Waals surface area contributed by atoms with Crippen LogP contribution in [-0.2, 0) is 9.53 Å². The Labute approximate surface area is 97.5 Å². The van der Waals surface area contributed by atoms with Crippen LogP contribution in [0.15, 0.2) is 0 Å². The van der Waals surface area contributed by atoms with Gasteiger partial charge in [-0.3, -0.25) is 4.79 Å². The lowest BCUT2D eigenvalue weighted by atomic mass is 10.3. The van der Waals surface area contributed by atoms with Crippen LogP contribution in [0.2, 0.25) is 0 Å². The lowest BCUT2D eigenvalue weighted by molar-refractivity contribution is -0.143. The summed E-state index contributed by atoms with van der Waals surface area (Å²) >= 11 is 1.92. The molecule has 0 aromatic carbocycles. The molecule has 0 heterocycles. The normalized spacial score (nSPS) is 10.7. The largest absolute Gasteiger partial charge is 0.466 e. The third kappa shape index (κ3) is 11.7. The van der Waals surface area contributed by atoms with Crippen molar-refractivity contribution in [2.24, 2.45) is 0 Å². The van der Waals surface area contributed by atoms with Crippen LogP contribution in [0.25, 0.3) is 0 Å². The first-order valence-electron chi connectivity index (χ1n) is 5.55. The molecule has 0 unspecified atom stereocenters. The van der Waals surface area contributed by atoms with Gasteiger partial charge in [-0.05, 0) is 51.9 Å². The summed E-state index contributed by atoms with van der Waals surface area (Å²) in [6, 6.07) is 0. The highest BCUT2D eigenvalue weighted by Gasteiger charge is 2.00. The molecular formula is C11H23NO2S. The number of ether oxygens (including phenoxy) is 1. The van der Waals surface area contributed by atoms with Crippen molar-refractivity contribution in [3.8, 4) is 0 Å². The van der Waals surface area contributed by atoms with Crippen LogP contribution in [-0.4, -0.2) is 49.6 Å². The van der Waals surface area contributed by atoms with E-state index in [1.807, 2.05) is 18.7 Å². The number of hydrogen-bond acceptors (Lipinski definition) is 4.